The van der Waals surface area contributed by atoms with Gasteiger partial charge in [0.15, 0.2) is 0 Å². The molecule has 0 radical (unpaired) electrons. The number of nitrogens with zero attached hydrogens (tertiary/aromatic N) is 3. The van der Waals surface area contributed by atoms with Crippen molar-refractivity contribution >= 4 is 82.6 Å². The summed E-state index contributed by atoms with van der Waals surface area (Å²) in [4.78, 5) is 2.37. The van der Waals surface area contributed by atoms with Gasteiger partial charge in [-0.15, -0.1) is 0 Å². The molecule has 11 aromatic rings. The van der Waals surface area contributed by atoms with Gasteiger partial charge in [-0.25, -0.2) is 0 Å². The van der Waals surface area contributed by atoms with Gasteiger partial charge in [0, 0.05) is 60.8 Å². The normalized spacial score (nSPS) is 12.5. The molecule has 0 aliphatic rings. The number of para-hydroxylation sites is 1. The van der Waals surface area contributed by atoms with Gasteiger partial charge >= 0.3 is 0 Å². The van der Waals surface area contributed by atoms with Gasteiger partial charge in [-0.1, -0.05) is 95.1 Å². The molecule has 11 rings (SSSR count). The van der Waals surface area contributed by atoms with Crippen molar-refractivity contribution in [3.8, 4) is 11.4 Å². The average Bonchev–Trinajstić information content (AvgIpc) is 3.90. The molecule has 0 fully saturated rings. The van der Waals surface area contributed by atoms with Gasteiger partial charge in [0.1, 0.15) is 11.2 Å². The summed E-state index contributed by atoms with van der Waals surface area (Å²) in [6.07, 6.45) is 0. The molecule has 4 nitrogen and oxygen atoms in total. The molecular formula is C58H51N3O. The van der Waals surface area contributed by atoms with Crippen LogP contribution < -0.4 is 4.90 Å². The molecule has 4 heteroatoms. The van der Waals surface area contributed by atoms with Crippen molar-refractivity contribution in [3.05, 3.63) is 186 Å². The lowest BCUT2D eigenvalue weighted by atomic mass is 9.85. The molecule has 0 aliphatic heterocycles. The van der Waals surface area contributed by atoms with E-state index in [2.05, 4.69) is 221 Å². The summed E-state index contributed by atoms with van der Waals surface area (Å²) in [5, 5.41) is 7.35. The van der Waals surface area contributed by atoms with Crippen molar-refractivity contribution in [1.82, 2.24) is 9.13 Å². The summed E-state index contributed by atoms with van der Waals surface area (Å²) in [5.41, 5.74) is 17.4. The summed E-state index contributed by atoms with van der Waals surface area (Å²) in [6.45, 7) is 18.1. The molecule has 0 N–H and O–H groups in total. The number of aromatic nitrogens is 2. The molecule has 304 valence electrons. The van der Waals surface area contributed by atoms with E-state index in [-0.39, 0.29) is 10.8 Å². The highest BCUT2D eigenvalue weighted by Gasteiger charge is 2.22. The van der Waals surface area contributed by atoms with E-state index in [1.165, 1.54) is 65.9 Å². The number of rotatable bonds is 5. The van der Waals surface area contributed by atoms with E-state index in [1.54, 1.807) is 0 Å². The van der Waals surface area contributed by atoms with Crippen molar-refractivity contribution in [2.24, 2.45) is 0 Å². The average molecular weight is 806 g/mol. The molecule has 62 heavy (non-hydrogen) atoms. The lowest BCUT2D eigenvalue weighted by Crippen LogP contribution is -2.10. The van der Waals surface area contributed by atoms with Crippen molar-refractivity contribution in [1.29, 1.82) is 0 Å². The number of benzene rings is 8. The zero-order valence-corrected chi connectivity index (χ0v) is 36.8. The summed E-state index contributed by atoms with van der Waals surface area (Å²) in [6, 6.07) is 60.6. The third-order valence-corrected chi connectivity index (χ3v) is 12.9. The van der Waals surface area contributed by atoms with E-state index in [0.717, 1.165) is 50.4 Å². The first-order valence-electron chi connectivity index (χ1n) is 21.8. The Balaban J connectivity index is 1.07. The van der Waals surface area contributed by atoms with Crippen LogP contribution in [0.25, 0.3) is 76.9 Å². The first-order chi connectivity index (χ1) is 29.8. The van der Waals surface area contributed by atoms with Gasteiger partial charge in [-0.05, 0) is 157 Å². The fourth-order valence-corrected chi connectivity index (χ4v) is 9.57. The maximum Gasteiger partial charge on any atom is 0.135 e. The van der Waals surface area contributed by atoms with Gasteiger partial charge in [0.05, 0.1) is 22.1 Å². The highest BCUT2D eigenvalue weighted by molar-refractivity contribution is 6.11. The van der Waals surface area contributed by atoms with E-state index < -0.39 is 0 Å². The Kier molecular flexibility index (Phi) is 8.40. The Bertz CT molecular complexity index is 3410. The topological polar surface area (TPSA) is 26.2 Å². The molecule has 0 amide bonds. The number of fused-ring (bicyclic) bond motifs is 9. The van der Waals surface area contributed by atoms with Gasteiger partial charge in [0.2, 0.25) is 0 Å². The second-order valence-electron chi connectivity index (χ2n) is 19.3. The fourth-order valence-electron chi connectivity index (χ4n) is 9.57. The summed E-state index contributed by atoms with van der Waals surface area (Å²) >= 11 is 0. The molecule has 0 spiro atoms. The van der Waals surface area contributed by atoms with Crippen LogP contribution in [0, 0.1) is 13.8 Å². The highest BCUT2D eigenvalue weighted by Crippen LogP contribution is 2.42. The van der Waals surface area contributed by atoms with Gasteiger partial charge in [-0.2, -0.15) is 0 Å². The lowest BCUT2D eigenvalue weighted by molar-refractivity contribution is 0.590. The Morgan fingerprint density at radius 3 is 1.27 bits per heavy atom. The number of aryl methyl sites for hydroxylation is 2. The number of furan rings is 1. The Labute approximate surface area is 363 Å². The summed E-state index contributed by atoms with van der Waals surface area (Å²) < 4.78 is 11.1. The molecule has 0 atom stereocenters. The van der Waals surface area contributed by atoms with Crippen LogP contribution in [0.5, 0.6) is 0 Å². The Morgan fingerprint density at radius 1 is 0.371 bits per heavy atom. The van der Waals surface area contributed by atoms with Crippen LogP contribution in [0.2, 0.25) is 0 Å². The van der Waals surface area contributed by atoms with Crippen LogP contribution in [-0.4, -0.2) is 9.13 Å². The second-order valence-corrected chi connectivity index (χ2v) is 19.3. The summed E-state index contributed by atoms with van der Waals surface area (Å²) in [7, 11) is 0. The summed E-state index contributed by atoms with van der Waals surface area (Å²) in [5.74, 6) is 0. The predicted molar refractivity (Wildman–Crippen MR) is 264 cm³/mol. The first kappa shape index (κ1) is 37.9. The molecule has 0 aliphatic carbocycles. The third kappa shape index (κ3) is 6.11. The third-order valence-electron chi connectivity index (χ3n) is 12.9. The Morgan fingerprint density at radius 2 is 0.790 bits per heavy atom. The first-order valence-corrected chi connectivity index (χ1v) is 21.8. The van der Waals surface area contributed by atoms with E-state index in [0.29, 0.717) is 0 Å². The minimum atomic E-state index is 0.0427. The molecule has 8 aromatic carbocycles. The lowest BCUT2D eigenvalue weighted by Gasteiger charge is -2.26. The smallest absolute Gasteiger partial charge is 0.135 e. The molecule has 0 unspecified atom stereocenters. The van der Waals surface area contributed by atoms with Crippen LogP contribution >= 0.6 is 0 Å². The quantitative estimate of drug-likeness (QED) is 0.173. The van der Waals surface area contributed by atoms with E-state index in [4.69, 9.17) is 4.42 Å². The van der Waals surface area contributed by atoms with Crippen LogP contribution in [0.4, 0.5) is 17.1 Å². The monoisotopic (exact) mass is 805 g/mol. The maximum atomic E-state index is 6.30. The standard InChI is InChI=1S/C58H51N3O/c1-36-13-26-51-46(31-36)47-32-37(2)14-27-52(47)60(51)42-21-17-40(18-22-42)59(44-25-30-56-50(35-44)45-11-9-10-12-55(45)62-56)41-19-23-43(24-20-41)61-53-28-15-38(57(3,4)5)33-48(53)49-34-39(58(6,7)8)16-29-54(49)61/h9-35H,1-8H3. The molecular weight excluding hydrogens is 755 g/mol. The van der Waals surface area contributed by atoms with E-state index >= 15 is 0 Å². The Hall–Kier alpha value is -7.04. The number of hydrogen-bond donors (Lipinski definition) is 0. The zero-order chi connectivity index (χ0) is 42.7. The van der Waals surface area contributed by atoms with E-state index in [1.807, 2.05) is 12.1 Å². The van der Waals surface area contributed by atoms with Crippen molar-refractivity contribution in [2.75, 3.05) is 4.90 Å². The fraction of sp³-hybridized carbons (Fsp3) is 0.172. The molecule has 0 bridgehead atoms. The largest absolute Gasteiger partial charge is 0.456 e. The maximum absolute atomic E-state index is 6.30. The SMILES string of the molecule is Cc1ccc2c(c1)c1cc(C)ccc1n2-c1ccc(N(c2ccc(-n3c4ccc(C(C)(C)C)cc4c4cc(C(C)(C)C)ccc43)cc2)c2ccc3oc4ccccc4c3c2)cc1. The van der Waals surface area contributed by atoms with Gasteiger partial charge in [0.25, 0.3) is 0 Å². The van der Waals surface area contributed by atoms with Crippen LogP contribution in [0.1, 0.15) is 63.8 Å². The molecule has 3 heterocycles. The zero-order valence-electron chi connectivity index (χ0n) is 36.8. The van der Waals surface area contributed by atoms with Crippen LogP contribution in [0.15, 0.2) is 168 Å². The van der Waals surface area contributed by atoms with Crippen molar-refractivity contribution in [3.63, 3.8) is 0 Å². The van der Waals surface area contributed by atoms with Gasteiger partial charge in [-0.3, -0.25) is 0 Å². The number of hydrogen-bond acceptors (Lipinski definition) is 2. The van der Waals surface area contributed by atoms with Crippen molar-refractivity contribution < 1.29 is 4.42 Å². The molecule has 3 aromatic heterocycles. The number of anilines is 3. The predicted octanol–water partition coefficient (Wildman–Crippen LogP) is 16.5. The van der Waals surface area contributed by atoms with Crippen LogP contribution in [-0.2, 0) is 10.8 Å². The van der Waals surface area contributed by atoms with Gasteiger partial charge < -0.3 is 18.5 Å². The van der Waals surface area contributed by atoms with Crippen molar-refractivity contribution in [2.45, 2.75) is 66.2 Å². The second kappa shape index (κ2) is 13.7. The van der Waals surface area contributed by atoms with E-state index in [9.17, 15) is 0 Å². The molecule has 0 saturated heterocycles. The molecule has 0 saturated carbocycles. The highest BCUT2D eigenvalue weighted by atomic mass is 16.3. The minimum Gasteiger partial charge on any atom is -0.456 e. The minimum absolute atomic E-state index is 0.0427. The van der Waals surface area contributed by atoms with Crippen LogP contribution in [0.3, 0.4) is 0 Å².